The smallest absolute Gasteiger partial charge is 0.00127 e. The Balaban J connectivity index is 4.26. The molecule has 0 aliphatic rings. The van der Waals surface area contributed by atoms with E-state index in [0.29, 0.717) is 11.8 Å². The van der Waals surface area contributed by atoms with Crippen LogP contribution in [-0.2, 0) is 0 Å². The number of hydrogen-bond acceptors (Lipinski definition) is 1. The van der Waals surface area contributed by atoms with Crippen LogP contribution in [0.4, 0.5) is 0 Å². The van der Waals surface area contributed by atoms with Crippen molar-refractivity contribution in [3.8, 4) is 0 Å². The van der Waals surface area contributed by atoms with Gasteiger partial charge in [-0.1, -0.05) is 53.8 Å². The van der Waals surface area contributed by atoms with Crippen LogP contribution in [0.15, 0.2) is 0 Å². The van der Waals surface area contributed by atoms with Crippen LogP contribution in [0.2, 0.25) is 0 Å². The van der Waals surface area contributed by atoms with E-state index in [1.54, 1.807) is 0 Å². The predicted molar refractivity (Wildman–Crippen MR) is 56.1 cm³/mol. The lowest BCUT2D eigenvalue weighted by Gasteiger charge is -2.27. The first kappa shape index (κ1) is 11.1. The first-order valence-corrected chi connectivity index (χ1v) is 4.72. The molecule has 0 aromatic rings. The van der Waals surface area contributed by atoms with E-state index in [1.807, 2.05) is 0 Å². The van der Waals surface area contributed by atoms with E-state index in [-0.39, 0.29) is 5.41 Å². The van der Waals surface area contributed by atoms with Gasteiger partial charge in [-0.05, 0) is 17.3 Å². The lowest BCUT2D eigenvalue weighted by molar-refractivity contribution is 0.479. The van der Waals surface area contributed by atoms with Crippen LogP contribution in [0, 0.1) is 17.3 Å². The second-order valence-corrected chi connectivity index (χ2v) is 5.09. The second-order valence-electron chi connectivity index (χ2n) is 4.65. The maximum Gasteiger partial charge on any atom is 0.00127 e. The molecule has 0 N–H and O–H groups in total. The fourth-order valence-corrected chi connectivity index (χ4v) is 1.26. The van der Waals surface area contributed by atoms with Crippen molar-refractivity contribution in [2.75, 3.05) is 0 Å². The van der Waals surface area contributed by atoms with Crippen molar-refractivity contribution in [1.29, 1.82) is 0 Å². The lowest BCUT2D eigenvalue weighted by atomic mass is 9.80. The summed E-state index contributed by atoms with van der Waals surface area (Å²) in [4.78, 5) is 1.20. The van der Waals surface area contributed by atoms with Crippen LogP contribution >= 0.6 is 12.2 Å². The van der Waals surface area contributed by atoms with Gasteiger partial charge in [0.2, 0.25) is 0 Å². The molecule has 0 unspecified atom stereocenters. The van der Waals surface area contributed by atoms with Gasteiger partial charge < -0.3 is 0 Å². The molecule has 0 saturated carbocycles. The van der Waals surface area contributed by atoms with Crippen LogP contribution in [0.25, 0.3) is 0 Å². The van der Waals surface area contributed by atoms with Crippen molar-refractivity contribution in [1.82, 2.24) is 0 Å². The third kappa shape index (κ3) is 3.33. The Bertz CT molecular complexity index is 139. The highest BCUT2D eigenvalue weighted by molar-refractivity contribution is 7.80. The zero-order valence-electron chi connectivity index (χ0n) is 8.56. The summed E-state index contributed by atoms with van der Waals surface area (Å²) in [5.41, 5.74) is 0.193. The Hall–Kier alpha value is 0.0900. The van der Waals surface area contributed by atoms with Crippen LogP contribution in [0.5, 0.6) is 0 Å². The molecule has 0 aliphatic carbocycles. The predicted octanol–water partition coefficient (Wildman–Crippen LogP) is 3.69. The minimum Gasteiger partial charge on any atom is -0.0888 e. The van der Waals surface area contributed by atoms with Crippen molar-refractivity contribution in [3.63, 3.8) is 0 Å². The highest BCUT2D eigenvalue weighted by atomic mass is 32.1. The minimum absolute atomic E-state index is 0.193. The maximum absolute atomic E-state index is 5.39. The summed E-state index contributed by atoms with van der Waals surface area (Å²) in [5, 5.41) is 0. The standard InChI is InChI=1S/C10H20S/c1-7(2)8(3)9(11)10(4,5)6/h7-8H,1-6H3/t8-/m1/s1. The van der Waals surface area contributed by atoms with Gasteiger partial charge in [-0.25, -0.2) is 0 Å². The molecular formula is C10H20S. The summed E-state index contributed by atoms with van der Waals surface area (Å²) in [7, 11) is 0. The summed E-state index contributed by atoms with van der Waals surface area (Å²) < 4.78 is 0. The largest absolute Gasteiger partial charge is 0.0888 e. The molecule has 0 saturated heterocycles. The molecule has 0 spiro atoms. The molecule has 0 aliphatic heterocycles. The zero-order chi connectivity index (χ0) is 9.23. The Morgan fingerprint density at radius 2 is 1.45 bits per heavy atom. The SMILES string of the molecule is CC(C)[C@@H](C)C(=S)C(C)(C)C. The molecule has 0 aromatic heterocycles. The Morgan fingerprint density at radius 3 is 1.55 bits per heavy atom. The van der Waals surface area contributed by atoms with E-state index in [9.17, 15) is 0 Å². The molecule has 11 heavy (non-hydrogen) atoms. The topological polar surface area (TPSA) is 0 Å². The summed E-state index contributed by atoms with van der Waals surface area (Å²) >= 11 is 5.39. The molecule has 0 amide bonds. The highest BCUT2D eigenvalue weighted by Crippen LogP contribution is 2.25. The fraction of sp³-hybridized carbons (Fsp3) is 0.900. The average molecular weight is 172 g/mol. The molecule has 1 atom stereocenters. The molecule has 0 nitrogen and oxygen atoms in total. The molecule has 1 heteroatoms. The maximum atomic E-state index is 5.39. The van der Waals surface area contributed by atoms with E-state index in [1.165, 1.54) is 4.86 Å². The van der Waals surface area contributed by atoms with Crippen molar-refractivity contribution in [2.24, 2.45) is 17.3 Å². The van der Waals surface area contributed by atoms with Gasteiger partial charge in [0, 0.05) is 4.86 Å². The average Bonchev–Trinajstić information content (AvgIpc) is 1.82. The second kappa shape index (κ2) is 3.66. The molecule has 0 rings (SSSR count). The lowest BCUT2D eigenvalue weighted by Crippen LogP contribution is -2.27. The Morgan fingerprint density at radius 1 is 1.09 bits per heavy atom. The highest BCUT2D eigenvalue weighted by Gasteiger charge is 2.23. The van der Waals surface area contributed by atoms with Crippen LogP contribution < -0.4 is 0 Å². The zero-order valence-corrected chi connectivity index (χ0v) is 9.38. The number of thiocarbonyl (C=S) groups is 1. The van der Waals surface area contributed by atoms with Crippen molar-refractivity contribution >= 4 is 17.1 Å². The third-order valence-electron chi connectivity index (χ3n) is 2.15. The number of hydrogen-bond donors (Lipinski definition) is 0. The normalized spacial score (nSPS) is 15.2. The van der Waals surface area contributed by atoms with Crippen molar-refractivity contribution < 1.29 is 0 Å². The molecule has 0 heterocycles. The van der Waals surface area contributed by atoms with E-state index in [0.717, 1.165) is 0 Å². The third-order valence-corrected chi connectivity index (χ3v) is 3.14. The van der Waals surface area contributed by atoms with E-state index >= 15 is 0 Å². The van der Waals surface area contributed by atoms with Gasteiger partial charge in [-0.2, -0.15) is 0 Å². The summed E-state index contributed by atoms with van der Waals surface area (Å²) in [6.07, 6.45) is 0. The van der Waals surface area contributed by atoms with Gasteiger partial charge in [0.1, 0.15) is 0 Å². The van der Waals surface area contributed by atoms with E-state index in [4.69, 9.17) is 12.2 Å². The van der Waals surface area contributed by atoms with Gasteiger partial charge in [0.05, 0.1) is 0 Å². The first-order valence-electron chi connectivity index (χ1n) is 4.31. The van der Waals surface area contributed by atoms with Gasteiger partial charge in [0.15, 0.2) is 0 Å². The van der Waals surface area contributed by atoms with Crippen molar-refractivity contribution in [3.05, 3.63) is 0 Å². The van der Waals surface area contributed by atoms with Crippen LogP contribution in [0.1, 0.15) is 41.5 Å². The Labute approximate surface area is 76.4 Å². The van der Waals surface area contributed by atoms with Crippen molar-refractivity contribution in [2.45, 2.75) is 41.5 Å². The van der Waals surface area contributed by atoms with Crippen LogP contribution in [-0.4, -0.2) is 4.86 Å². The molecular weight excluding hydrogens is 152 g/mol. The van der Waals surface area contributed by atoms with Gasteiger partial charge >= 0.3 is 0 Å². The molecule has 0 aromatic carbocycles. The van der Waals surface area contributed by atoms with Gasteiger partial charge in [0.25, 0.3) is 0 Å². The molecule has 0 fully saturated rings. The molecule has 66 valence electrons. The molecule has 0 radical (unpaired) electrons. The molecule has 0 bridgehead atoms. The van der Waals surface area contributed by atoms with Gasteiger partial charge in [-0.15, -0.1) is 0 Å². The summed E-state index contributed by atoms with van der Waals surface area (Å²) in [6.45, 7) is 13.2. The minimum atomic E-state index is 0.193. The summed E-state index contributed by atoms with van der Waals surface area (Å²) in [6, 6.07) is 0. The van der Waals surface area contributed by atoms with Crippen LogP contribution in [0.3, 0.4) is 0 Å². The van der Waals surface area contributed by atoms with E-state index < -0.39 is 0 Å². The van der Waals surface area contributed by atoms with E-state index in [2.05, 4.69) is 41.5 Å². The number of rotatable bonds is 2. The first-order chi connectivity index (χ1) is 4.76. The fourth-order valence-electron chi connectivity index (χ4n) is 0.986. The quantitative estimate of drug-likeness (QED) is 0.572. The monoisotopic (exact) mass is 172 g/mol. The summed E-state index contributed by atoms with van der Waals surface area (Å²) in [5.74, 6) is 1.23. The van der Waals surface area contributed by atoms with Gasteiger partial charge in [-0.3, -0.25) is 0 Å². The Kier molecular flexibility index (Phi) is 3.69.